The van der Waals surface area contributed by atoms with Crippen molar-refractivity contribution in [2.45, 2.75) is 31.7 Å². The molecular formula is C19H24N2O4S. The van der Waals surface area contributed by atoms with Crippen molar-refractivity contribution in [1.82, 2.24) is 5.32 Å². The molecule has 2 rings (SSSR count). The van der Waals surface area contributed by atoms with Crippen LogP contribution in [0.25, 0.3) is 0 Å². The van der Waals surface area contributed by atoms with Gasteiger partial charge >= 0.3 is 0 Å². The lowest BCUT2D eigenvalue weighted by molar-refractivity contribution is 0.0905. The Balaban J connectivity index is 2.24. The number of anilines is 1. The molecule has 26 heavy (non-hydrogen) atoms. The summed E-state index contributed by atoms with van der Waals surface area (Å²) in [7, 11) is -2.17. The Bertz CT molecular complexity index is 877. The number of carbonyl (C=O) groups excluding carboxylic acids is 1. The third-order valence-corrected chi connectivity index (χ3v) is 5.25. The molecule has 0 fully saturated rings. The summed E-state index contributed by atoms with van der Waals surface area (Å²) in [5.41, 5.74) is 2.45. The summed E-state index contributed by atoms with van der Waals surface area (Å²) in [6.45, 7) is 5.89. The summed E-state index contributed by atoms with van der Waals surface area (Å²) in [6.07, 6.45) is 0. The molecule has 7 heteroatoms. The quantitative estimate of drug-likeness (QED) is 0.778. The van der Waals surface area contributed by atoms with Crippen molar-refractivity contribution in [1.29, 1.82) is 0 Å². The van der Waals surface area contributed by atoms with Crippen LogP contribution in [-0.4, -0.2) is 34.1 Å². The van der Waals surface area contributed by atoms with E-state index in [1.165, 1.54) is 6.07 Å². The summed E-state index contributed by atoms with van der Waals surface area (Å²) >= 11 is 0. The monoisotopic (exact) mass is 376 g/mol. The maximum atomic E-state index is 12.6. The fourth-order valence-electron chi connectivity index (χ4n) is 2.39. The number of methoxy groups -OCH3 is 1. The maximum absolute atomic E-state index is 12.6. The van der Waals surface area contributed by atoms with Gasteiger partial charge in [-0.05, 0) is 50.6 Å². The minimum Gasteiger partial charge on any atom is -0.383 e. The third kappa shape index (κ3) is 5.06. The molecule has 0 heterocycles. The van der Waals surface area contributed by atoms with Gasteiger partial charge in [-0.2, -0.15) is 0 Å². The topological polar surface area (TPSA) is 84.5 Å². The van der Waals surface area contributed by atoms with Crippen LogP contribution in [0.15, 0.2) is 47.4 Å². The minimum absolute atomic E-state index is 0.151. The van der Waals surface area contributed by atoms with Crippen molar-refractivity contribution in [3.05, 3.63) is 59.2 Å². The maximum Gasteiger partial charge on any atom is 0.261 e. The zero-order valence-electron chi connectivity index (χ0n) is 15.4. The van der Waals surface area contributed by atoms with Crippen molar-refractivity contribution in [2.24, 2.45) is 0 Å². The highest BCUT2D eigenvalue weighted by Crippen LogP contribution is 2.21. The zero-order valence-corrected chi connectivity index (χ0v) is 16.2. The Labute approximate surface area is 154 Å². The molecule has 0 saturated heterocycles. The first-order valence-electron chi connectivity index (χ1n) is 8.23. The van der Waals surface area contributed by atoms with Gasteiger partial charge in [0.1, 0.15) is 0 Å². The lowest BCUT2D eigenvalue weighted by Gasteiger charge is -2.15. The Morgan fingerprint density at radius 2 is 1.77 bits per heavy atom. The number of rotatable bonds is 7. The number of benzene rings is 2. The lowest BCUT2D eigenvalue weighted by Crippen LogP contribution is -2.35. The van der Waals surface area contributed by atoms with Crippen LogP contribution in [0.1, 0.15) is 28.4 Å². The zero-order chi connectivity index (χ0) is 19.3. The molecule has 0 aliphatic rings. The molecule has 0 aliphatic carbocycles. The molecular weight excluding hydrogens is 352 g/mol. The van der Waals surface area contributed by atoms with E-state index in [1.807, 2.05) is 13.8 Å². The van der Waals surface area contributed by atoms with Gasteiger partial charge in [-0.15, -0.1) is 0 Å². The second-order valence-corrected chi connectivity index (χ2v) is 7.96. The Morgan fingerprint density at radius 3 is 2.38 bits per heavy atom. The van der Waals surface area contributed by atoms with Crippen molar-refractivity contribution in [3.8, 4) is 0 Å². The third-order valence-electron chi connectivity index (χ3n) is 3.87. The highest BCUT2D eigenvalue weighted by atomic mass is 32.2. The van der Waals surface area contributed by atoms with Crippen LogP contribution in [0.5, 0.6) is 0 Å². The second kappa shape index (κ2) is 8.33. The van der Waals surface area contributed by atoms with E-state index >= 15 is 0 Å². The van der Waals surface area contributed by atoms with Crippen LogP contribution in [0, 0.1) is 13.8 Å². The summed E-state index contributed by atoms with van der Waals surface area (Å²) in [6, 6.07) is 11.3. The van der Waals surface area contributed by atoms with E-state index in [1.54, 1.807) is 50.4 Å². The average molecular weight is 376 g/mol. The van der Waals surface area contributed by atoms with Crippen LogP contribution in [-0.2, 0) is 14.8 Å². The number of sulfonamides is 1. The first-order chi connectivity index (χ1) is 12.2. The molecule has 140 valence electrons. The number of carbonyl (C=O) groups is 1. The second-order valence-electron chi connectivity index (χ2n) is 6.28. The van der Waals surface area contributed by atoms with Gasteiger partial charge in [-0.3, -0.25) is 9.52 Å². The summed E-state index contributed by atoms with van der Waals surface area (Å²) < 4.78 is 32.7. The Kier molecular flexibility index (Phi) is 6.39. The number of nitrogens with one attached hydrogen (secondary N) is 2. The molecule has 2 aromatic carbocycles. The van der Waals surface area contributed by atoms with Gasteiger partial charge in [-0.1, -0.05) is 23.8 Å². The van der Waals surface area contributed by atoms with E-state index in [9.17, 15) is 13.2 Å². The molecule has 0 unspecified atom stereocenters. The average Bonchev–Trinajstić information content (AvgIpc) is 2.57. The van der Waals surface area contributed by atoms with Gasteiger partial charge < -0.3 is 10.1 Å². The van der Waals surface area contributed by atoms with Crippen molar-refractivity contribution in [3.63, 3.8) is 0 Å². The fourth-order valence-corrected chi connectivity index (χ4v) is 3.51. The van der Waals surface area contributed by atoms with Crippen LogP contribution in [0.4, 0.5) is 5.69 Å². The molecule has 6 nitrogen and oxygen atoms in total. The predicted molar refractivity (Wildman–Crippen MR) is 102 cm³/mol. The number of ether oxygens (including phenoxy) is 1. The van der Waals surface area contributed by atoms with Gasteiger partial charge in [0.05, 0.1) is 17.2 Å². The standard InChI is InChI=1S/C19H24N2O4S/c1-13-5-9-17(10-6-13)26(23,24)21-18-11-16(8-7-14(18)2)19(22)20-15(3)12-25-4/h5-11,15,21H,12H2,1-4H3,(H,20,22)/t15-/m1/s1. The molecule has 0 spiro atoms. The predicted octanol–water partition coefficient (Wildman–Crippen LogP) is 2.87. The van der Waals surface area contributed by atoms with Crippen LogP contribution >= 0.6 is 0 Å². The summed E-state index contributed by atoms with van der Waals surface area (Å²) in [5, 5.41) is 2.80. The van der Waals surface area contributed by atoms with E-state index < -0.39 is 10.0 Å². The molecule has 0 aromatic heterocycles. The summed E-state index contributed by atoms with van der Waals surface area (Å²) in [4.78, 5) is 12.5. The fraction of sp³-hybridized carbons (Fsp3) is 0.316. The molecule has 1 atom stereocenters. The summed E-state index contributed by atoms with van der Waals surface area (Å²) in [5.74, 6) is -0.287. The molecule has 0 saturated carbocycles. The Morgan fingerprint density at radius 1 is 1.12 bits per heavy atom. The van der Waals surface area contributed by atoms with Crippen LogP contribution < -0.4 is 10.0 Å². The Hall–Kier alpha value is -2.38. The molecule has 0 aliphatic heterocycles. The molecule has 2 N–H and O–H groups in total. The normalized spacial score (nSPS) is 12.5. The van der Waals surface area contributed by atoms with Gasteiger partial charge in [-0.25, -0.2) is 8.42 Å². The SMILES string of the molecule is COC[C@@H](C)NC(=O)c1ccc(C)c(NS(=O)(=O)c2ccc(C)cc2)c1. The lowest BCUT2D eigenvalue weighted by atomic mass is 10.1. The number of aryl methyl sites for hydroxylation is 2. The van der Waals surface area contributed by atoms with E-state index in [0.29, 0.717) is 17.9 Å². The van der Waals surface area contributed by atoms with E-state index in [-0.39, 0.29) is 16.8 Å². The van der Waals surface area contributed by atoms with Crippen molar-refractivity contribution < 1.29 is 17.9 Å². The van der Waals surface area contributed by atoms with Crippen LogP contribution in [0.2, 0.25) is 0 Å². The van der Waals surface area contributed by atoms with Crippen LogP contribution in [0.3, 0.4) is 0 Å². The highest BCUT2D eigenvalue weighted by Gasteiger charge is 2.17. The van der Waals surface area contributed by atoms with Gasteiger partial charge in [0.25, 0.3) is 15.9 Å². The number of amides is 1. The highest BCUT2D eigenvalue weighted by molar-refractivity contribution is 7.92. The first-order valence-corrected chi connectivity index (χ1v) is 9.71. The van der Waals surface area contributed by atoms with Gasteiger partial charge in [0, 0.05) is 18.7 Å². The van der Waals surface area contributed by atoms with Gasteiger partial charge in [0.2, 0.25) is 0 Å². The largest absolute Gasteiger partial charge is 0.383 e. The van der Waals surface area contributed by atoms with E-state index in [0.717, 1.165) is 11.1 Å². The molecule has 0 radical (unpaired) electrons. The molecule has 1 amide bonds. The molecule has 0 bridgehead atoms. The van der Waals surface area contributed by atoms with Crippen molar-refractivity contribution in [2.75, 3.05) is 18.4 Å². The molecule has 2 aromatic rings. The van der Waals surface area contributed by atoms with Crippen molar-refractivity contribution >= 4 is 21.6 Å². The number of hydrogen-bond donors (Lipinski definition) is 2. The smallest absolute Gasteiger partial charge is 0.261 e. The number of hydrogen-bond acceptors (Lipinski definition) is 4. The van der Waals surface area contributed by atoms with Gasteiger partial charge in [0.15, 0.2) is 0 Å². The first kappa shape index (κ1) is 19.9. The van der Waals surface area contributed by atoms with E-state index in [2.05, 4.69) is 10.0 Å². The van der Waals surface area contributed by atoms with E-state index in [4.69, 9.17) is 4.74 Å². The minimum atomic E-state index is -3.73.